The molecule has 0 aromatic heterocycles. The van der Waals surface area contributed by atoms with E-state index >= 15 is 0 Å². The van der Waals surface area contributed by atoms with E-state index in [0.29, 0.717) is 0 Å². The van der Waals surface area contributed by atoms with Crippen LogP contribution in [-0.4, -0.2) is 44.9 Å². The van der Waals surface area contributed by atoms with Gasteiger partial charge in [0.25, 0.3) is 15.9 Å². The Bertz CT molecular complexity index is 1140. The average molecular weight is 517 g/mol. The molecule has 0 radical (unpaired) electrons. The molecule has 0 aliphatic heterocycles. The van der Waals surface area contributed by atoms with E-state index in [4.69, 9.17) is 27.9 Å². The van der Waals surface area contributed by atoms with Gasteiger partial charge in [-0.1, -0.05) is 42.5 Å². The van der Waals surface area contributed by atoms with Crippen molar-refractivity contribution in [2.75, 3.05) is 18.4 Å². The Kier molecular flexibility index (Phi) is 8.20. The van der Waals surface area contributed by atoms with E-state index in [1.165, 1.54) is 12.1 Å². The van der Waals surface area contributed by atoms with Crippen molar-refractivity contribution >= 4 is 50.8 Å². The molecule has 1 aliphatic carbocycles. The van der Waals surface area contributed by atoms with Gasteiger partial charge in [0.05, 0.1) is 15.6 Å². The normalized spacial score (nSPS) is 14.5. The highest BCUT2D eigenvalue weighted by Crippen LogP contribution is 2.30. The number of nitrogens with one attached hydrogen (secondary N) is 1. The summed E-state index contributed by atoms with van der Waals surface area (Å²) in [7, 11) is -2.56. The molecule has 7 nitrogen and oxygen atoms in total. The minimum atomic E-state index is -4.23. The molecule has 0 bridgehead atoms. The minimum Gasteiger partial charge on any atom is -0.452 e. The predicted molar refractivity (Wildman–Crippen MR) is 124 cm³/mol. The fourth-order valence-corrected chi connectivity index (χ4v) is 5.51. The van der Waals surface area contributed by atoms with Crippen LogP contribution in [0.3, 0.4) is 0 Å². The zero-order valence-electron chi connectivity index (χ0n) is 17.8. The van der Waals surface area contributed by atoms with E-state index in [-0.39, 0.29) is 33.2 Å². The number of hydrogen-bond donors (Lipinski definition) is 1. The number of sulfonamides is 1. The molecule has 0 spiro atoms. The van der Waals surface area contributed by atoms with Crippen molar-refractivity contribution in [2.45, 2.75) is 43.0 Å². The largest absolute Gasteiger partial charge is 0.452 e. The van der Waals surface area contributed by atoms with Gasteiger partial charge in [0.1, 0.15) is 10.7 Å². The standard InChI is InChI=1S/C22H23Cl2FN2O5S/c1-27(16-5-3-2-4-6-16)21(28)13-32-22(29)17-11-20(19(24)12-18(17)23)33(30,31)26-15-9-7-14(25)8-10-15/h7-12,16,26H,2-6,13H2,1H3. The highest BCUT2D eigenvalue weighted by molar-refractivity contribution is 7.92. The molecule has 178 valence electrons. The average Bonchev–Trinajstić information content (AvgIpc) is 2.78. The molecule has 2 aromatic rings. The number of esters is 1. The molecular formula is C22H23Cl2FN2O5S. The van der Waals surface area contributed by atoms with Crippen molar-refractivity contribution in [3.05, 3.63) is 57.8 Å². The summed E-state index contributed by atoms with van der Waals surface area (Å²) in [5.41, 5.74) is -0.156. The van der Waals surface area contributed by atoms with Crippen LogP contribution in [0.5, 0.6) is 0 Å². The predicted octanol–water partition coefficient (Wildman–Crippen LogP) is 4.88. The van der Waals surface area contributed by atoms with Crippen LogP contribution < -0.4 is 4.72 Å². The topological polar surface area (TPSA) is 92.8 Å². The lowest BCUT2D eigenvalue weighted by Crippen LogP contribution is -2.40. The van der Waals surface area contributed by atoms with E-state index in [1.54, 1.807) is 11.9 Å². The highest BCUT2D eigenvalue weighted by Gasteiger charge is 2.26. The number of nitrogens with zero attached hydrogens (tertiary/aromatic N) is 1. The molecule has 1 saturated carbocycles. The van der Waals surface area contributed by atoms with Gasteiger partial charge in [0.2, 0.25) is 0 Å². The first kappa shape index (κ1) is 25.3. The first-order valence-corrected chi connectivity index (χ1v) is 12.5. The van der Waals surface area contributed by atoms with Crippen LogP contribution in [-0.2, 0) is 19.6 Å². The molecule has 0 saturated heterocycles. The van der Waals surface area contributed by atoms with Crippen LogP contribution in [0.25, 0.3) is 0 Å². The van der Waals surface area contributed by atoms with Crippen LogP contribution in [0, 0.1) is 5.82 Å². The molecular weight excluding hydrogens is 494 g/mol. The Morgan fingerprint density at radius 3 is 2.36 bits per heavy atom. The van der Waals surface area contributed by atoms with Crippen molar-refractivity contribution in [1.82, 2.24) is 4.90 Å². The quantitative estimate of drug-likeness (QED) is 0.529. The summed E-state index contributed by atoms with van der Waals surface area (Å²) in [6, 6.07) is 6.85. The summed E-state index contributed by atoms with van der Waals surface area (Å²) in [6.07, 6.45) is 5.05. The molecule has 1 aliphatic rings. The van der Waals surface area contributed by atoms with Crippen LogP contribution >= 0.6 is 23.2 Å². The number of amides is 1. The third-order valence-corrected chi connectivity index (χ3v) is 7.63. The zero-order valence-corrected chi connectivity index (χ0v) is 20.1. The van der Waals surface area contributed by atoms with Gasteiger partial charge < -0.3 is 9.64 Å². The zero-order chi connectivity index (χ0) is 24.2. The molecule has 1 amide bonds. The minimum absolute atomic E-state index is 0.0999. The number of hydrogen-bond acceptors (Lipinski definition) is 5. The molecule has 0 atom stereocenters. The van der Waals surface area contributed by atoms with Crippen molar-refractivity contribution in [3.8, 4) is 0 Å². The number of halogens is 3. The third kappa shape index (κ3) is 6.37. The second kappa shape index (κ2) is 10.7. The smallest absolute Gasteiger partial charge is 0.340 e. The maximum Gasteiger partial charge on any atom is 0.340 e. The molecule has 0 heterocycles. The van der Waals surface area contributed by atoms with Gasteiger partial charge in [-0.15, -0.1) is 0 Å². The second-order valence-electron chi connectivity index (χ2n) is 7.75. The highest BCUT2D eigenvalue weighted by atomic mass is 35.5. The number of rotatable bonds is 7. The fourth-order valence-electron chi connectivity index (χ4n) is 3.60. The number of likely N-dealkylation sites (N-methyl/N-ethyl adjacent to an activating group) is 1. The van der Waals surface area contributed by atoms with Crippen LogP contribution in [0.1, 0.15) is 42.5 Å². The third-order valence-electron chi connectivity index (χ3n) is 5.47. The Labute approximate surface area is 201 Å². The van der Waals surface area contributed by atoms with Crippen molar-refractivity contribution < 1.29 is 27.1 Å². The molecule has 3 rings (SSSR count). The lowest BCUT2D eigenvalue weighted by atomic mass is 9.94. The number of ether oxygens (including phenoxy) is 1. The van der Waals surface area contributed by atoms with Gasteiger partial charge in [0.15, 0.2) is 6.61 Å². The van der Waals surface area contributed by atoms with Gasteiger partial charge in [-0.05, 0) is 49.2 Å². The van der Waals surface area contributed by atoms with E-state index in [9.17, 15) is 22.4 Å². The lowest BCUT2D eigenvalue weighted by molar-refractivity contribution is -0.135. The monoisotopic (exact) mass is 516 g/mol. The summed E-state index contributed by atoms with van der Waals surface area (Å²) in [5.74, 6) is -1.84. The molecule has 11 heteroatoms. The maximum atomic E-state index is 13.1. The van der Waals surface area contributed by atoms with Gasteiger partial charge in [-0.3, -0.25) is 9.52 Å². The first-order valence-electron chi connectivity index (χ1n) is 10.3. The van der Waals surface area contributed by atoms with Crippen LogP contribution in [0.15, 0.2) is 41.3 Å². The maximum absolute atomic E-state index is 13.1. The van der Waals surface area contributed by atoms with E-state index in [2.05, 4.69) is 4.72 Å². The fraction of sp³-hybridized carbons (Fsp3) is 0.364. The number of carbonyl (C=O) groups excluding carboxylic acids is 2. The van der Waals surface area contributed by atoms with Gasteiger partial charge in [-0.25, -0.2) is 17.6 Å². The van der Waals surface area contributed by atoms with E-state index in [0.717, 1.165) is 56.4 Å². The van der Waals surface area contributed by atoms with Gasteiger partial charge >= 0.3 is 5.97 Å². The second-order valence-corrected chi connectivity index (χ2v) is 10.2. The number of benzene rings is 2. The Hall–Kier alpha value is -2.36. The number of anilines is 1. The molecule has 0 unspecified atom stereocenters. The Morgan fingerprint density at radius 1 is 1.09 bits per heavy atom. The van der Waals surface area contributed by atoms with Crippen LogP contribution in [0.4, 0.5) is 10.1 Å². The summed E-state index contributed by atoms with van der Waals surface area (Å²) in [5, 5.41) is -0.349. The molecule has 33 heavy (non-hydrogen) atoms. The molecule has 1 N–H and O–H groups in total. The Balaban J connectivity index is 1.73. The van der Waals surface area contributed by atoms with E-state index in [1.807, 2.05) is 0 Å². The summed E-state index contributed by atoms with van der Waals surface area (Å²) in [4.78, 5) is 26.2. The summed E-state index contributed by atoms with van der Waals surface area (Å²) >= 11 is 12.1. The van der Waals surface area contributed by atoms with Crippen molar-refractivity contribution in [1.29, 1.82) is 0 Å². The summed E-state index contributed by atoms with van der Waals surface area (Å²) in [6.45, 7) is -0.499. The summed E-state index contributed by atoms with van der Waals surface area (Å²) < 4.78 is 46.0. The van der Waals surface area contributed by atoms with Crippen LogP contribution in [0.2, 0.25) is 10.0 Å². The van der Waals surface area contributed by atoms with Gasteiger partial charge in [-0.2, -0.15) is 0 Å². The van der Waals surface area contributed by atoms with E-state index < -0.39 is 33.3 Å². The van der Waals surface area contributed by atoms with Crippen molar-refractivity contribution in [3.63, 3.8) is 0 Å². The van der Waals surface area contributed by atoms with Gasteiger partial charge in [0, 0.05) is 18.8 Å². The lowest BCUT2D eigenvalue weighted by Gasteiger charge is -2.31. The van der Waals surface area contributed by atoms with Crippen molar-refractivity contribution in [2.24, 2.45) is 0 Å². The Morgan fingerprint density at radius 2 is 1.73 bits per heavy atom. The number of carbonyl (C=O) groups is 2. The molecule has 1 fully saturated rings. The molecule has 2 aromatic carbocycles. The first-order chi connectivity index (χ1) is 15.6. The SMILES string of the molecule is CN(C(=O)COC(=O)c1cc(S(=O)(=O)Nc2ccc(F)cc2)c(Cl)cc1Cl)C1CCCCC1.